The van der Waals surface area contributed by atoms with Crippen LogP contribution in [0.5, 0.6) is 34.5 Å². The van der Waals surface area contributed by atoms with Crippen molar-refractivity contribution in [2.24, 2.45) is 0 Å². The van der Waals surface area contributed by atoms with Gasteiger partial charge >= 0.3 is 0 Å². The molecule has 0 unspecified atom stereocenters. The third-order valence-corrected chi connectivity index (χ3v) is 26.3. The van der Waals surface area contributed by atoms with Gasteiger partial charge in [0.05, 0.1) is 11.4 Å². The molecule has 1 aliphatic carbocycles. The number of pyridine rings is 1. The normalized spacial score (nSPS) is 12.2. The Morgan fingerprint density at radius 2 is 0.474 bits per heavy atom. The summed E-state index contributed by atoms with van der Waals surface area (Å²) >= 11 is 0. The van der Waals surface area contributed by atoms with Crippen LogP contribution in [0.3, 0.4) is 0 Å². The van der Waals surface area contributed by atoms with Gasteiger partial charge in [0.25, 0.3) is 0 Å². The standard InChI is InChI=1S/C45H29NO.C41H27N3O.C41H25N3O/c1-3-10-30(11-4-1)36-28-41(34-12-5-2-6-13-34)46-42(29-36)35-24-20-32(21-25-35)31-18-22-33(23-19-31)37-26-27-44-45-39(37)15-9-16-40(45)38-14-7-8-17-43(38)47-44;1-3-10-27(11-4-1)39-42-40(28-12-5-2-6-13-28)44-41(43-39)30-21-19-26-18-20-29(24-31(26)25-30)32-22-23-37-38-34(32)15-9-16-35(38)33-14-7-8-17-36(33)45-37;1-3-10-26(11-4-1)39-42-40(27-12-5-2-6-13-27)44-41(43-39)31-21-19-28-24-30(20-18-29(28)25-31)32-22-23-37-38-34(32)15-9-16-35(38)33-14-7-8-17-36(33)45-37/h1-29H;1,3-5,7-25H,2,6H2;1-25H. The van der Waals surface area contributed by atoms with Crippen LogP contribution in [-0.4, -0.2) is 34.9 Å². The van der Waals surface area contributed by atoms with E-state index in [2.05, 4.69) is 334 Å². The Morgan fingerprint density at radius 1 is 0.168 bits per heavy atom. The molecular formula is C127H81N7O3. The maximum Gasteiger partial charge on any atom is 0.164 e. The minimum absolute atomic E-state index is 0.650. The van der Waals surface area contributed by atoms with Crippen molar-refractivity contribution in [3.05, 3.63) is 473 Å². The molecule has 642 valence electrons. The number of benzene rings is 20. The van der Waals surface area contributed by atoms with E-state index in [0.717, 1.165) is 169 Å². The molecule has 0 radical (unpaired) electrons. The predicted molar refractivity (Wildman–Crippen MR) is 560 cm³/mol. The molecule has 0 spiro atoms. The monoisotopic (exact) mass is 1750 g/mol. The summed E-state index contributed by atoms with van der Waals surface area (Å²) in [5.41, 5.74) is 28.7. The molecule has 0 bridgehead atoms. The summed E-state index contributed by atoms with van der Waals surface area (Å²) in [6, 6.07) is 157. The van der Waals surface area contributed by atoms with Crippen LogP contribution in [0.1, 0.15) is 18.7 Å². The summed E-state index contributed by atoms with van der Waals surface area (Å²) in [7, 11) is 0. The number of nitrogens with zero attached hydrogens (tertiary/aromatic N) is 7. The van der Waals surface area contributed by atoms with Gasteiger partial charge in [0, 0.05) is 77.4 Å². The molecule has 0 N–H and O–H groups in total. The van der Waals surface area contributed by atoms with Gasteiger partial charge in [-0.15, -0.1) is 0 Å². The molecule has 0 fully saturated rings. The summed E-state index contributed by atoms with van der Waals surface area (Å²) in [5, 5.41) is 11.6. The van der Waals surface area contributed by atoms with Crippen LogP contribution in [0, 0.1) is 0 Å². The molecule has 0 saturated heterocycles. The van der Waals surface area contributed by atoms with Gasteiger partial charge in [-0.05, 0) is 196 Å². The lowest BCUT2D eigenvalue weighted by molar-refractivity contribution is 0.487. The molecule has 23 aromatic rings. The van der Waals surface area contributed by atoms with E-state index in [9.17, 15) is 0 Å². The van der Waals surface area contributed by atoms with E-state index in [1.165, 1.54) is 77.2 Å². The van der Waals surface area contributed by atoms with Crippen LogP contribution in [0.15, 0.2) is 467 Å². The molecule has 10 heteroatoms. The number of allylic oxidation sites excluding steroid dienone is 4. The van der Waals surface area contributed by atoms with Crippen LogP contribution >= 0.6 is 0 Å². The van der Waals surface area contributed by atoms with Crippen molar-refractivity contribution in [2.75, 3.05) is 0 Å². The molecule has 6 heterocycles. The molecule has 20 aromatic carbocycles. The highest BCUT2D eigenvalue weighted by Crippen LogP contribution is 2.53. The Bertz CT molecular complexity index is 8660. The van der Waals surface area contributed by atoms with Gasteiger partial charge in [-0.3, -0.25) is 0 Å². The Morgan fingerprint density at radius 3 is 0.898 bits per heavy atom. The summed E-state index contributed by atoms with van der Waals surface area (Å²) in [5.74, 6) is 9.43. The zero-order valence-corrected chi connectivity index (χ0v) is 74.2. The van der Waals surface area contributed by atoms with Gasteiger partial charge in [0.15, 0.2) is 34.9 Å². The first-order valence-corrected chi connectivity index (χ1v) is 46.3. The smallest absolute Gasteiger partial charge is 0.164 e. The molecular weight excluding hydrogens is 1670 g/mol. The molecule has 3 aromatic heterocycles. The number of hydrogen-bond donors (Lipinski definition) is 0. The second kappa shape index (κ2) is 34.8. The molecule has 0 atom stereocenters. The van der Waals surface area contributed by atoms with Crippen molar-refractivity contribution in [1.82, 2.24) is 34.9 Å². The zero-order chi connectivity index (χ0) is 90.6. The van der Waals surface area contributed by atoms with Crippen molar-refractivity contribution < 1.29 is 14.2 Å². The van der Waals surface area contributed by atoms with Crippen LogP contribution in [0.25, 0.3) is 228 Å². The largest absolute Gasteiger partial charge is 0.456 e. The number of para-hydroxylation sites is 3. The summed E-state index contributed by atoms with van der Waals surface area (Å²) in [4.78, 5) is 34.6. The molecule has 0 saturated carbocycles. The van der Waals surface area contributed by atoms with Gasteiger partial charge in [-0.1, -0.05) is 394 Å². The lowest BCUT2D eigenvalue weighted by Crippen LogP contribution is -2.03. The van der Waals surface area contributed by atoms with Gasteiger partial charge < -0.3 is 14.2 Å². The quantitative estimate of drug-likeness (QED) is 0.110. The number of fused-ring (bicyclic) bond motifs is 8. The van der Waals surface area contributed by atoms with E-state index < -0.39 is 0 Å². The first kappa shape index (κ1) is 80.8. The number of aromatic nitrogens is 7. The van der Waals surface area contributed by atoms with Gasteiger partial charge in [-0.2, -0.15) is 0 Å². The van der Waals surface area contributed by atoms with Crippen LogP contribution in [0.4, 0.5) is 0 Å². The van der Waals surface area contributed by atoms with Crippen LogP contribution < -0.4 is 14.2 Å². The van der Waals surface area contributed by atoms with Crippen LogP contribution in [-0.2, 0) is 0 Å². The molecule has 4 aliphatic rings. The summed E-state index contributed by atoms with van der Waals surface area (Å²) < 4.78 is 19.0. The third-order valence-electron chi connectivity index (χ3n) is 26.3. The highest BCUT2D eigenvalue weighted by atomic mass is 16.5. The fraction of sp³-hybridized carbons (Fsp3) is 0.0157. The lowest BCUT2D eigenvalue weighted by atomic mass is 9.90. The molecule has 10 nitrogen and oxygen atoms in total. The third kappa shape index (κ3) is 15.4. The number of hydrogen-bond acceptors (Lipinski definition) is 10. The maximum atomic E-state index is 6.34. The van der Waals surface area contributed by atoms with E-state index in [4.69, 9.17) is 49.1 Å². The minimum atomic E-state index is 0.650. The van der Waals surface area contributed by atoms with E-state index in [1.807, 2.05) is 133 Å². The second-order valence-electron chi connectivity index (χ2n) is 34.7. The Labute approximate surface area is 791 Å². The van der Waals surface area contributed by atoms with Gasteiger partial charge in [0.2, 0.25) is 0 Å². The minimum Gasteiger partial charge on any atom is -0.456 e. The highest BCUT2D eigenvalue weighted by Gasteiger charge is 2.27. The van der Waals surface area contributed by atoms with Crippen molar-refractivity contribution in [2.45, 2.75) is 12.8 Å². The van der Waals surface area contributed by atoms with Crippen molar-refractivity contribution in [1.29, 1.82) is 0 Å². The maximum absolute atomic E-state index is 6.34. The van der Waals surface area contributed by atoms with Gasteiger partial charge in [0.1, 0.15) is 34.5 Å². The van der Waals surface area contributed by atoms with Crippen molar-refractivity contribution >= 4 is 59.4 Å². The van der Waals surface area contributed by atoms with Gasteiger partial charge in [-0.25, -0.2) is 34.9 Å². The Hall–Kier alpha value is -18.3. The topological polar surface area (TPSA) is 118 Å². The zero-order valence-electron chi connectivity index (χ0n) is 74.2. The fourth-order valence-electron chi connectivity index (χ4n) is 19.6. The lowest BCUT2D eigenvalue weighted by Gasteiger charge is -2.22. The first-order chi connectivity index (χ1) is 67.8. The number of ether oxygens (including phenoxy) is 3. The summed E-state index contributed by atoms with van der Waals surface area (Å²) in [6.45, 7) is 0. The first-order valence-electron chi connectivity index (χ1n) is 46.3. The average Bonchev–Trinajstić information content (AvgIpc) is 0.746. The molecule has 27 rings (SSSR count). The van der Waals surface area contributed by atoms with E-state index in [-0.39, 0.29) is 0 Å². The highest BCUT2D eigenvalue weighted by molar-refractivity contribution is 6.14. The van der Waals surface area contributed by atoms with Crippen molar-refractivity contribution in [3.8, 4) is 203 Å². The second-order valence-corrected chi connectivity index (χ2v) is 34.7. The van der Waals surface area contributed by atoms with Crippen molar-refractivity contribution in [3.63, 3.8) is 0 Å². The molecule has 3 aliphatic heterocycles. The van der Waals surface area contributed by atoms with Crippen LogP contribution in [0.2, 0.25) is 0 Å². The number of rotatable bonds is 13. The van der Waals surface area contributed by atoms with E-state index >= 15 is 0 Å². The van der Waals surface area contributed by atoms with E-state index in [0.29, 0.717) is 34.9 Å². The Balaban J connectivity index is 0.000000109. The predicted octanol–water partition coefficient (Wildman–Crippen LogP) is 33.6. The Kier molecular flexibility index (Phi) is 20.5. The molecule has 0 amide bonds. The average molecular weight is 1750 g/mol. The summed E-state index contributed by atoms with van der Waals surface area (Å²) in [6.07, 6.45) is 8.55. The molecule has 137 heavy (non-hydrogen) atoms. The SMILES string of the molecule is C1=CC(c2nc(-c3ccccc3)nc(-c3ccc4ccc(-c5ccc6c7c(cccc57)-c5ccccc5O6)cc4c3)n2)=CCC1.c1ccc(-c2cc(-c3ccccc3)nc(-c3ccc(-c4ccc(-c5ccc6c7c(cccc57)-c5ccccc5O6)cc4)cc3)c2)cc1.c1ccc(-c2nc(-c3ccccc3)nc(-c3ccc4cc(-c5ccc6c7c(cccc57)-c5ccccc5O6)ccc4c3)n2)cc1. The fourth-order valence-corrected chi connectivity index (χ4v) is 19.6. The van der Waals surface area contributed by atoms with E-state index in [1.54, 1.807) is 0 Å².